The van der Waals surface area contributed by atoms with Crippen LogP contribution in [0.15, 0.2) is 16.3 Å². The molecule has 10 heteroatoms. The molecule has 1 aliphatic heterocycles. The van der Waals surface area contributed by atoms with Crippen LogP contribution in [0.1, 0.15) is 16.1 Å². The van der Waals surface area contributed by atoms with Gasteiger partial charge in [-0.1, -0.05) is 0 Å². The highest BCUT2D eigenvalue weighted by molar-refractivity contribution is 7.92. The van der Waals surface area contributed by atoms with Gasteiger partial charge in [-0.3, -0.25) is 0 Å². The summed E-state index contributed by atoms with van der Waals surface area (Å²) in [7, 11) is -5.73. The molecule has 0 spiro atoms. The molecule has 0 aromatic carbocycles. The van der Waals surface area contributed by atoms with Crippen molar-refractivity contribution in [3.05, 3.63) is 17.0 Å². The molecular weight excluding hydrogens is 326 g/mol. The maximum Gasteiger partial charge on any atom is 0.345 e. The van der Waals surface area contributed by atoms with Crippen LogP contribution in [0.3, 0.4) is 0 Å². The zero-order valence-electron chi connectivity index (χ0n) is 10.5. The average molecular weight is 339 g/mol. The van der Waals surface area contributed by atoms with Gasteiger partial charge in [-0.05, 0) is 18.6 Å². The summed E-state index contributed by atoms with van der Waals surface area (Å²) in [5.74, 6) is -1.41. The van der Waals surface area contributed by atoms with Crippen LogP contribution in [0, 0.1) is 0 Å². The van der Waals surface area contributed by atoms with E-state index in [4.69, 9.17) is 5.11 Å². The Bertz CT molecular complexity index is 733. The minimum absolute atomic E-state index is 0.0255. The minimum Gasteiger partial charge on any atom is -0.477 e. The first-order valence-electron chi connectivity index (χ1n) is 5.65. The van der Waals surface area contributed by atoms with E-state index < -0.39 is 31.9 Å². The van der Waals surface area contributed by atoms with Gasteiger partial charge >= 0.3 is 5.97 Å². The fourth-order valence-electron chi connectivity index (χ4n) is 1.97. The molecule has 0 amide bonds. The molecule has 0 bridgehead atoms. The highest BCUT2D eigenvalue weighted by atomic mass is 32.2. The van der Waals surface area contributed by atoms with E-state index in [1.54, 1.807) is 0 Å². The average Bonchev–Trinajstić information content (AvgIpc) is 2.94. The predicted octanol–water partition coefficient (Wildman–Crippen LogP) is 0.254. The Labute approximate surface area is 120 Å². The number of rotatable bonds is 4. The minimum atomic E-state index is -3.86. The molecule has 1 aliphatic rings. The Hall–Kier alpha value is -0.970. The number of sulfonamides is 1. The largest absolute Gasteiger partial charge is 0.477 e. The van der Waals surface area contributed by atoms with Crippen LogP contribution in [0.25, 0.3) is 0 Å². The number of nitrogens with zero attached hydrogens (tertiary/aromatic N) is 1. The zero-order valence-corrected chi connectivity index (χ0v) is 13.0. The third-order valence-corrected chi connectivity index (χ3v) is 8.35. The molecule has 7 nitrogen and oxygen atoms in total. The number of carbonyl (C=O) groups is 1. The van der Waals surface area contributed by atoms with Gasteiger partial charge in [0.05, 0.1) is 11.5 Å². The Morgan fingerprint density at radius 3 is 2.55 bits per heavy atom. The Morgan fingerprint density at radius 1 is 1.45 bits per heavy atom. The maximum atomic E-state index is 12.3. The summed E-state index contributed by atoms with van der Waals surface area (Å²) >= 11 is 0.656. The van der Waals surface area contributed by atoms with Crippen LogP contribution < -0.4 is 0 Å². The summed E-state index contributed by atoms with van der Waals surface area (Å²) in [6, 6.07) is 1.85. The highest BCUT2D eigenvalue weighted by Crippen LogP contribution is 2.28. The van der Waals surface area contributed by atoms with Crippen molar-refractivity contribution in [3.8, 4) is 0 Å². The Balaban J connectivity index is 2.28. The molecule has 0 saturated carbocycles. The molecule has 112 valence electrons. The number of hydrogen-bond donors (Lipinski definition) is 1. The quantitative estimate of drug-likeness (QED) is 0.842. The first kappa shape index (κ1) is 15.4. The normalized spacial score (nSPS) is 22.2. The van der Waals surface area contributed by atoms with E-state index in [0.29, 0.717) is 11.3 Å². The lowest BCUT2D eigenvalue weighted by Gasteiger charge is -2.21. The summed E-state index contributed by atoms with van der Waals surface area (Å²) in [6.45, 7) is 0. The number of carboxylic acids is 1. The second kappa shape index (κ2) is 5.10. The van der Waals surface area contributed by atoms with Crippen LogP contribution in [0.2, 0.25) is 0 Å². The molecule has 1 unspecified atom stereocenters. The molecule has 1 N–H and O–H groups in total. The third kappa shape index (κ3) is 2.87. The van der Waals surface area contributed by atoms with Gasteiger partial charge in [0.15, 0.2) is 9.84 Å². The van der Waals surface area contributed by atoms with Crippen molar-refractivity contribution in [2.75, 3.05) is 18.6 Å². The van der Waals surface area contributed by atoms with E-state index in [9.17, 15) is 21.6 Å². The maximum absolute atomic E-state index is 12.3. The monoisotopic (exact) mass is 339 g/mol. The van der Waals surface area contributed by atoms with Crippen molar-refractivity contribution >= 4 is 37.2 Å². The lowest BCUT2D eigenvalue weighted by atomic mass is 10.3. The van der Waals surface area contributed by atoms with Crippen LogP contribution in [0.4, 0.5) is 0 Å². The van der Waals surface area contributed by atoms with Gasteiger partial charge in [-0.2, -0.15) is 4.31 Å². The molecule has 20 heavy (non-hydrogen) atoms. The topological polar surface area (TPSA) is 109 Å². The molecule has 2 heterocycles. The van der Waals surface area contributed by atoms with E-state index in [0.717, 1.165) is 4.31 Å². The zero-order chi connectivity index (χ0) is 15.1. The van der Waals surface area contributed by atoms with Gasteiger partial charge in [0, 0.05) is 13.1 Å². The van der Waals surface area contributed by atoms with Crippen molar-refractivity contribution in [2.24, 2.45) is 0 Å². The molecule has 1 aromatic heterocycles. The molecule has 1 saturated heterocycles. The third-order valence-electron chi connectivity index (χ3n) is 3.15. The molecule has 0 radical (unpaired) electrons. The number of aromatic carboxylic acids is 1. The molecule has 0 aliphatic carbocycles. The standard InChI is InChI=1S/C10H13NO6S3/c1-11(7-4-5-19(14,15)6-7)20(16,17)9-3-2-8(18-9)10(12)13/h2-3,7H,4-6H2,1H3,(H,12,13). The number of hydrogen-bond acceptors (Lipinski definition) is 6. The van der Waals surface area contributed by atoms with E-state index in [1.807, 2.05) is 0 Å². The van der Waals surface area contributed by atoms with Crippen LogP contribution in [-0.2, 0) is 19.9 Å². The SMILES string of the molecule is CN(C1CCS(=O)(=O)C1)S(=O)(=O)c1ccc(C(=O)O)s1. The first-order valence-corrected chi connectivity index (χ1v) is 9.73. The summed E-state index contributed by atoms with van der Waals surface area (Å²) in [5, 5.41) is 8.81. The van der Waals surface area contributed by atoms with Crippen LogP contribution in [0.5, 0.6) is 0 Å². The fraction of sp³-hybridized carbons (Fsp3) is 0.500. The predicted molar refractivity (Wildman–Crippen MR) is 73.3 cm³/mol. The van der Waals surface area contributed by atoms with Gasteiger partial charge in [0.2, 0.25) is 0 Å². The van der Waals surface area contributed by atoms with Crippen LogP contribution >= 0.6 is 11.3 Å². The van der Waals surface area contributed by atoms with E-state index in [-0.39, 0.29) is 27.0 Å². The van der Waals surface area contributed by atoms with Gasteiger partial charge in [0.1, 0.15) is 9.09 Å². The summed E-state index contributed by atoms with van der Waals surface area (Å²) in [6.07, 6.45) is 0.259. The van der Waals surface area contributed by atoms with Crippen molar-refractivity contribution in [1.82, 2.24) is 4.31 Å². The van der Waals surface area contributed by atoms with Gasteiger partial charge in [-0.25, -0.2) is 21.6 Å². The van der Waals surface area contributed by atoms with E-state index in [2.05, 4.69) is 0 Å². The Morgan fingerprint density at radius 2 is 2.10 bits per heavy atom. The lowest BCUT2D eigenvalue weighted by Crippen LogP contribution is -2.37. The smallest absolute Gasteiger partial charge is 0.345 e. The number of carboxylic acid groups (broad SMARTS) is 1. The molecular formula is C10H13NO6S3. The summed E-state index contributed by atoms with van der Waals surface area (Å²) in [4.78, 5) is 10.7. The summed E-state index contributed by atoms with van der Waals surface area (Å²) in [5.41, 5.74) is 0. The molecule has 2 rings (SSSR count). The van der Waals surface area contributed by atoms with Crippen molar-refractivity contribution < 1.29 is 26.7 Å². The number of sulfone groups is 1. The Kier molecular flexibility index (Phi) is 3.93. The van der Waals surface area contributed by atoms with Gasteiger partial charge in [-0.15, -0.1) is 11.3 Å². The molecule has 1 fully saturated rings. The van der Waals surface area contributed by atoms with Crippen molar-refractivity contribution in [1.29, 1.82) is 0 Å². The second-order valence-electron chi connectivity index (χ2n) is 4.50. The van der Waals surface area contributed by atoms with Crippen molar-refractivity contribution in [3.63, 3.8) is 0 Å². The first-order chi connectivity index (χ1) is 9.13. The second-order valence-corrected chi connectivity index (χ2v) is 10.0. The molecule has 1 aromatic rings. The summed E-state index contributed by atoms with van der Waals surface area (Å²) < 4.78 is 48.4. The van der Waals surface area contributed by atoms with Gasteiger partial charge in [0.25, 0.3) is 10.0 Å². The molecule has 1 atom stereocenters. The van der Waals surface area contributed by atoms with Crippen molar-refractivity contribution in [2.45, 2.75) is 16.7 Å². The van der Waals surface area contributed by atoms with E-state index in [1.165, 1.54) is 19.2 Å². The van der Waals surface area contributed by atoms with Gasteiger partial charge < -0.3 is 5.11 Å². The van der Waals surface area contributed by atoms with E-state index >= 15 is 0 Å². The fourth-order valence-corrected chi connectivity index (χ4v) is 6.56. The lowest BCUT2D eigenvalue weighted by molar-refractivity contribution is 0.0702. The van der Waals surface area contributed by atoms with Crippen LogP contribution in [-0.4, -0.2) is 56.8 Å². The number of thiophene rings is 1. The highest BCUT2D eigenvalue weighted by Gasteiger charge is 2.37.